The van der Waals surface area contributed by atoms with Gasteiger partial charge in [0.1, 0.15) is 0 Å². The van der Waals surface area contributed by atoms with E-state index in [0.717, 1.165) is 29.8 Å². The molecule has 0 radical (unpaired) electrons. The number of hydrogen-bond donors (Lipinski definition) is 1. The third-order valence-corrected chi connectivity index (χ3v) is 6.95. The van der Waals surface area contributed by atoms with Gasteiger partial charge in [0.05, 0.1) is 38.6 Å². The topological polar surface area (TPSA) is 82.7 Å². The largest absolute Gasteiger partial charge is 0.872 e. The number of carbonyl (C=O) groups excluding carboxylic acids is 2. The molecule has 0 aliphatic carbocycles. The van der Waals surface area contributed by atoms with Crippen molar-refractivity contribution in [2.24, 2.45) is 0 Å². The van der Waals surface area contributed by atoms with Crippen LogP contribution in [-0.2, 0) is 15.0 Å². The van der Waals surface area contributed by atoms with E-state index < -0.39 is 23.5 Å². The van der Waals surface area contributed by atoms with Crippen LogP contribution in [0.15, 0.2) is 66.4 Å². The third kappa shape index (κ3) is 5.23. The molecular weight excluding hydrogens is 464 g/mol. The molecule has 3 aromatic rings. The van der Waals surface area contributed by atoms with Crippen molar-refractivity contribution < 1.29 is 19.6 Å². The number of likely N-dealkylation sites (tertiary alicyclic amines) is 1. The Balaban J connectivity index is 1.81. The van der Waals surface area contributed by atoms with Crippen LogP contribution < -0.4 is 10.0 Å². The summed E-state index contributed by atoms with van der Waals surface area (Å²) in [7, 11) is 4.10. The number of rotatable bonds is 7. The zero-order valence-corrected chi connectivity index (χ0v) is 22.5. The number of quaternary nitrogens is 1. The number of benzene rings is 2. The molecule has 0 saturated carbocycles. The van der Waals surface area contributed by atoms with Crippen molar-refractivity contribution in [2.75, 3.05) is 27.2 Å². The number of ketones is 1. The third-order valence-electron chi connectivity index (χ3n) is 6.95. The standard InChI is InChI=1S/C30H36N4O3/c1-20-24(19-31-34(20)23-11-8-7-9-12-23)27(35)25-26(21-13-15-22(16-14-21)30(2,3)4)33(29(37)28(25)36)18-10-17-32(5)6/h7-9,11-16,19,26,35H,10,17-18H2,1-6H3/b27-25+. The summed E-state index contributed by atoms with van der Waals surface area (Å²) in [6.45, 7) is 9.46. The van der Waals surface area contributed by atoms with Crippen LogP contribution >= 0.6 is 0 Å². The Labute approximate surface area is 219 Å². The van der Waals surface area contributed by atoms with Gasteiger partial charge >= 0.3 is 0 Å². The van der Waals surface area contributed by atoms with E-state index in [4.69, 9.17) is 0 Å². The van der Waals surface area contributed by atoms with Crippen molar-refractivity contribution in [3.63, 3.8) is 0 Å². The highest BCUT2D eigenvalue weighted by Crippen LogP contribution is 2.39. The van der Waals surface area contributed by atoms with Crippen LogP contribution in [0.1, 0.15) is 55.6 Å². The molecule has 1 amide bonds. The maximum atomic E-state index is 13.9. The molecule has 0 spiro atoms. The summed E-state index contributed by atoms with van der Waals surface area (Å²) in [4.78, 5) is 29.4. The lowest BCUT2D eigenvalue weighted by atomic mass is 9.85. The van der Waals surface area contributed by atoms with Crippen molar-refractivity contribution >= 4 is 17.4 Å². The van der Waals surface area contributed by atoms with Crippen LogP contribution in [0, 0.1) is 6.92 Å². The van der Waals surface area contributed by atoms with E-state index in [1.807, 2.05) is 68.7 Å². The number of carbonyl (C=O) groups is 2. The monoisotopic (exact) mass is 500 g/mol. The van der Waals surface area contributed by atoms with Crippen molar-refractivity contribution in [1.29, 1.82) is 0 Å². The van der Waals surface area contributed by atoms with E-state index in [1.165, 1.54) is 11.1 Å². The van der Waals surface area contributed by atoms with Crippen LogP contribution in [-0.4, -0.2) is 53.6 Å². The number of para-hydroxylation sites is 1. The van der Waals surface area contributed by atoms with Gasteiger partial charge in [-0.1, -0.05) is 69.0 Å². The Hall–Kier alpha value is -3.71. The number of amides is 1. The molecule has 1 fully saturated rings. The first-order valence-electron chi connectivity index (χ1n) is 12.8. The highest BCUT2D eigenvalue weighted by atomic mass is 16.3. The van der Waals surface area contributed by atoms with Crippen molar-refractivity contribution in [3.05, 3.63) is 88.8 Å². The maximum absolute atomic E-state index is 13.9. The lowest BCUT2D eigenvalue weighted by Gasteiger charge is -2.28. The van der Waals surface area contributed by atoms with Crippen LogP contribution in [0.5, 0.6) is 0 Å². The van der Waals surface area contributed by atoms with Gasteiger partial charge in [0.15, 0.2) is 0 Å². The molecule has 7 nitrogen and oxygen atoms in total. The fraction of sp³-hybridized carbons (Fsp3) is 0.367. The lowest BCUT2D eigenvalue weighted by molar-refractivity contribution is -0.858. The van der Waals surface area contributed by atoms with Gasteiger partial charge in [0.2, 0.25) is 5.78 Å². The second-order valence-corrected chi connectivity index (χ2v) is 11.0. The summed E-state index contributed by atoms with van der Waals surface area (Å²) in [6, 6.07) is 16.7. The number of nitrogens with zero attached hydrogens (tertiary/aromatic N) is 3. The zero-order chi connectivity index (χ0) is 26.9. The van der Waals surface area contributed by atoms with Gasteiger partial charge in [-0.3, -0.25) is 9.59 Å². The van der Waals surface area contributed by atoms with E-state index in [9.17, 15) is 14.7 Å². The molecule has 37 heavy (non-hydrogen) atoms. The Kier molecular flexibility index (Phi) is 7.37. The van der Waals surface area contributed by atoms with E-state index >= 15 is 0 Å². The minimum Gasteiger partial charge on any atom is -0.872 e. The summed E-state index contributed by atoms with van der Waals surface area (Å²) < 4.78 is 1.68. The Morgan fingerprint density at radius 1 is 1.03 bits per heavy atom. The molecular formula is C30H36N4O3. The van der Waals surface area contributed by atoms with E-state index in [1.54, 1.807) is 16.5 Å². The second-order valence-electron chi connectivity index (χ2n) is 11.0. The molecule has 7 heteroatoms. The van der Waals surface area contributed by atoms with Crippen LogP contribution in [0.25, 0.3) is 11.4 Å². The lowest BCUT2D eigenvalue weighted by Crippen LogP contribution is -3.05. The molecule has 1 aliphatic heterocycles. The Bertz CT molecular complexity index is 1320. The molecule has 1 unspecified atom stereocenters. The molecule has 1 aromatic heterocycles. The van der Waals surface area contributed by atoms with E-state index in [-0.39, 0.29) is 11.0 Å². The number of Topliss-reactive ketones (excluding diaryl/α,β-unsaturated/α-hetero) is 1. The molecule has 1 atom stereocenters. The minimum atomic E-state index is -0.724. The zero-order valence-electron chi connectivity index (χ0n) is 22.5. The molecule has 1 saturated heterocycles. The average molecular weight is 501 g/mol. The Morgan fingerprint density at radius 3 is 2.27 bits per heavy atom. The minimum absolute atomic E-state index is 0.00132. The number of hydrogen-bond acceptors (Lipinski definition) is 4. The van der Waals surface area contributed by atoms with Gasteiger partial charge in [0, 0.05) is 29.8 Å². The second kappa shape index (κ2) is 10.3. The molecule has 1 N–H and O–H groups in total. The summed E-state index contributed by atoms with van der Waals surface area (Å²) in [5, 5.41) is 18.3. The van der Waals surface area contributed by atoms with Crippen LogP contribution in [0.2, 0.25) is 0 Å². The highest BCUT2D eigenvalue weighted by molar-refractivity contribution is 6.46. The fourth-order valence-corrected chi connectivity index (χ4v) is 4.82. The quantitative estimate of drug-likeness (QED) is 0.306. The van der Waals surface area contributed by atoms with Gasteiger partial charge in [-0.2, -0.15) is 5.10 Å². The van der Waals surface area contributed by atoms with Gasteiger partial charge in [-0.15, -0.1) is 0 Å². The first kappa shape index (κ1) is 26.4. The maximum Gasteiger partial charge on any atom is 0.295 e. The highest BCUT2D eigenvalue weighted by Gasteiger charge is 2.44. The average Bonchev–Trinajstić information content (AvgIpc) is 3.36. The summed E-state index contributed by atoms with van der Waals surface area (Å²) in [6.07, 6.45) is 2.22. The van der Waals surface area contributed by atoms with Gasteiger partial charge in [0.25, 0.3) is 5.91 Å². The first-order valence-corrected chi connectivity index (χ1v) is 12.8. The van der Waals surface area contributed by atoms with Crippen molar-refractivity contribution in [2.45, 2.75) is 45.6 Å². The summed E-state index contributed by atoms with van der Waals surface area (Å²) in [5.41, 5.74) is 3.64. The number of nitrogens with one attached hydrogen (secondary N) is 1. The Morgan fingerprint density at radius 2 is 1.68 bits per heavy atom. The van der Waals surface area contributed by atoms with Crippen LogP contribution in [0.3, 0.4) is 0 Å². The van der Waals surface area contributed by atoms with E-state index in [2.05, 4.69) is 25.9 Å². The fourth-order valence-electron chi connectivity index (χ4n) is 4.82. The normalized spacial score (nSPS) is 17.7. The van der Waals surface area contributed by atoms with Gasteiger partial charge in [-0.05, 0) is 35.6 Å². The molecule has 0 bridgehead atoms. The summed E-state index contributed by atoms with van der Waals surface area (Å²) in [5.74, 6) is -1.78. The van der Waals surface area contributed by atoms with Gasteiger partial charge < -0.3 is 14.9 Å². The van der Waals surface area contributed by atoms with Crippen molar-refractivity contribution in [3.8, 4) is 5.69 Å². The van der Waals surface area contributed by atoms with E-state index in [0.29, 0.717) is 17.8 Å². The smallest absolute Gasteiger partial charge is 0.295 e. The SMILES string of the molecule is Cc1c(/C([O-])=C2\C(=O)C(=O)N(CCC[NH+](C)C)C2c2ccc(C(C)(C)C)cc2)cnn1-c1ccccc1. The molecule has 1 aliphatic rings. The van der Waals surface area contributed by atoms with Crippen LogP contribution in [0.4, 0.5) is 0 Å². The molecule has 4 rings (SSSR count). The predicted molar refractivity (Wildman–Crippen MR) is 142 cm³/mol. The number of aromatic nitrogens is 2. The molecule has 2 aromatic carbocycles. The van der Waals surface area contributed by atoms with Crippen molar-refractivity contribution in [1.82, 2.24) is 14.7 Å². The molecule has 2 heterocycles. The predicted octanol–water partition coefficient (Wildman–Crippen LogP) is 2.24. The first-order chi connectivity index (χ1) is 17.5. The van der Waals surface area contributed by atoms with Gasteiger partial charge in [-0.25, -0.2) is 4.68 Å². The summed E-state index contributed by atoms with van der Waals surface area (Å²) >= 11 is 0. The molecule has 194 valence electrons.